The van der Waals surface area contributed by atoms with Crippen molar-refractivity contribution in [1.29, 1.82) is 0 Å². The first-order valence-electron chi connectivity index (χ1n) is 10.9. The van der Waals surface area contributed by atoms with Gasteiger partial charge in [0.25, 0.3) is 5.91 Å². The average molecular weight is 467 g/mol. The zero-order valence-electron chi connectivity index (χ0n) is 18.7. The van der Waals surface area contributed by atoms with Crippen molar-refractivity contribution in [3.63, 3.8) is 0 Å². The van der Waals surface area contributed by atoms with E-state index in [1.54, 1.807) is 12.1 Å². The minimum Gasteiger partial charge on any atom is -0.378 e. The molecule has 9 nitrogen and oxygen atoms in total. The molecular weight excluding hydrogens is 440 g/mol. The molecule has 2 heterocycles. The Morgan fingerprint density at radius 3 is 2.70 bits per heavy atom. The van der Waals surface area contributed by atoms with E-state index >= 15 is 0 Å². The molecule has 1 aliphatic carbocycles. The van der Waals surface area contributed by atoms with Crippen LogP contribution in [0.3, 0.4) is 0 Å². The molecule has 1 amide bonds. The number of carbonyl (C=O) groups is 1. The molecule has 0 radical (unpaired) electrons. The largest absolute Gasteiger partial charge is 0.378 e. The third kappa shape index (κ3) is 4.35. The summed E-state index contributed by atoms with van der Waals surface area (Å²) in [4.78, 5) is 12.3. The molecule has 1 aromatic heterocycles. The minimum atomic E-state index is -3.62. The number of benzene rings is 2. The van der Waals surface area contributed by atoms with Gasteiger partial charge in [0, 0.05) is 16.8 Å². The van der Waals surface area contributed by atoms with Crippen LogP contribution in [0.2, 0.25) is 0 Å². The van der Waals surface area contributed by atoms with Gasteiger partial charge in [-0.2, -0.15) is 0 Å². The molecule has 0 bridgehead atoms. The number of fused-ring (bicyclic) bond motifs is 1. The molecule has 2 aliphatic rings. The first-order valence-corrected chi connectivity index (χ1v) is 12.8. The van der Waals surface area contributed by atoms with Gasteiger partial charge in [0.2, 0.25) is 10.0 Å². The Labute approximate surface area is 192 Å². The van der Waals surface area contributed by atoms with Gasteiger partial charge in [-0.3, -0.25) is 4.79 Å². The number of anilines is 1. The number of sulfonamides is 1. The van der Waals surface area contributed by atoms with E-state index in [-0.39, 0.29) is 11.5 Å². The molecule has 1 saturated carbocycles. The highest BCUT2D eigenvalue weighted by Gasteiger charge is 2.34. The van der Waals surface area contributed by atoms with Gasteiger partial charge < -0.3 is 5.32 Å². The van der Waals surface area contributed by atoms with Crippen LogP contribution < -0.4 is 10.0 Å². The monoisotopic (exact) mass is 466 g/mol. The van der Waals surface area contributed by atoms with E-state index in [0.29, 0.717) is 11.6 Å². The van der Waals surface area contributed by atoms with Crippen molar-refractivity contribution in [3.05, 3.63) is 59.2 Å². The second kappa shape index (κ2) is 7.65. The Bertz CT molecular complexity index is 1340. The van der Waals surface area contributed by atoms with Crippen molar-refractivity contribution >= 4 is 21.6 Å². The summed E-state index contributed by atoms with van der Waals surface area (Å²) in [7, 11) is -3.62. The molecule has 33 heavy (non-hydrogen) atoms. The number of hydrogen-bond acceptors (Lipinski definition) is 7. The number of nitrogens with zero attached hydrogens (tertiary/aromatic N) is 4. The first-order chi connectivity index (χ1) is 15.6. The SMILES string of the molecule is CC1(C)CC(c2cccc(-c3nnnn3C3CC3)c2)Nc2ccc(C(=O)NS(C)(=O)=O)cc21. The van der Waals surface area contributed by atoms with E-state index in [9.17, 15) is 13.2 Å². The summed E-state index contributed by atoms with van der Waals surface area (Å²) in [6, 6.07) is 14.0. The maximum atomic E-state index is 12.3. The second-order valence-corrected chi connectivity index (χ2v) is 11.3. The zero-order valence-corrected chi connectivity index (χ0v) is 19.6. The number of rotatable bonds is 5. The summed E-state index contributed by atoms with van der Waals surface area (Å²) in [6.07, 6.45) is 3.99. The maximum absolute atomic E-state index is 12.3. The standard InChI is InChI=1S/C23H26N6O3S/c1-23(2)13-20(24-19-10-7-16(12-18(19)23)22(30)26-33(3,31)32)14-5-4-6-15(11-14)21-25-27-28-29(21)17-8-9-17/h4-7,10-12,17,20,24H,8-9,13H2,1-3H3,(H,26,30). The number of hydrogen-bond donors (Lipinski definition) is 2. The van der Waals surface area contributed by atoms with Gasteiger partial charge in [-0.15, -0.1) is 5.10 Å². The fraction of sp³-hybridized carbons (Fsp3) is 0.391. The van der Waals surface area contributed by atoms with Gasteiger partial charge in [0.15, 0.2) is 5.82 Å². The highest BCUT2D eigenvalue weighted by molar-refractivity contribution is 7.89. The van der Waals surface area contributed by atoms with E-state index in [4.69, 9.17) is 0 Å². The molecular formula is C23H26N6O3S. The number of amides is 1. The van der Waals surface area contributed by atoms with Crippen LogP contribution in [-0.2, 0) is 15.4 Å². The van der Waals surface area contributed by atoms with Crippen LogP contribution in [0.4, 0.5) is 5.69 Å². The summed E-state index contributed by atoms with van der Waals surface area (Å²) in [5.41, 5.74) is 4.12. The van der Waals surface area contributed by atoms with Crippen molar-refractivity contribution in [2.75, 3.05) is 11.6 Å². The molecule has 172 valence electrons. The fourth-order valence-electron chi connectivity index (χ4n) is 4.50. The Morgan fingerprint density at radius 1 is 1.18 bits per heavy atom. The van der Waals surface area contributed by atoms with Crippen LogP contribution in [0.5, 0.6) is 0 Å². The van der Waals surface area contributed by atoms with Crippen molar-refractivity contribution in [2.24, 2.45) is 0 Å². The topological polar surface area (TPSA) is 119 Å². The molecule has 2 aromatic carbocycles. The van der Waals surface area contributed by atoms with E-state index in [0.717, 1.165) is 53.7 Å². The highest BCUT2D eigenvalue weighted by atomic mass is 32.2. The summed E-state index contributed by atoms with van der Waals surface area (Å²) < 4.78 is 26.8. The van der Waals surface area contributed by atoms with Gasteiger partial charge in [-0.05, 0) is 70.5 Å². The molecule has 10 heteroatoms. The molecule has 2 N–H and O–H groups in total. The number of nitrogens with one attached hydrogen (secondary N) is 2. The number of carbonyl (C=O) groups excluding carboxylic acids is 1. The fourth-order valence-corrected chi connectivity index (χ4v) is 4.96. The van der Waals surface area contributed by atoms with Crippen LogP contribution in [0.1, 0.15) is 66.7 Å². The summed E-state index contributed by atoms with van der Waals surface area (Å²) in [5.74, 6) is 0.163. The van der Waals surface area contributed by atoms with E-state index < -0.39 is 15.9 Å². The van der Waals surface area contributed by atoms with Crippen molar-refractivity contribution in [2.45, 2.75) is 50.6 Å². The van der Waals surface area contributed by atoms with Gasteiger partial charge in [-0.25, -0.2) is 17.8 Å². The Hall–Kier alpha value is -3.27. The number of tetrazole rings is 1. The van der Waals surface area contributed by atoms with Crippen LogP contribution in [0.25, 0.3) is 11.4 Å². The molecule has 1 atom stereocenters. The second-order valence-electron chi connectivity index (χ2n) is 9.55. The molecule has 1 aliphatic heterocycles. The molecule has 0 spiro atoms. The third-order valence-corrected chi connectivity index (χ3v) is 6.82. The van der Waals surface area contributed by atoms with Crippen molar-refractivity contribution < 1.29 is 13.2 Å². The molecule has 1 unspecified atom stereocenters. The van der Waals surface area contributed by atoms with Crippen molar-refractivity contribution in [3.8, 4) is 11.4 Å². The average Bonchev–Trinajstić information content (AvgIpc) is 3.48. The van der Waals surface area contributed by atoms with Crippen LogP contribution >= 0.6 is 0 Å². The molecule has 0 saturated heterocycles. The van der Waals surface area contributed by atoms with Gasteiger partial charge in [0.05, 0.1) is 18.3 Å². The van der Waals surface area contributed by atoms with E-state index in [1.165, 1.54) is 0 Å². The third-order valence-electron chi connectivity index (χ3n) is 6.27. The lowest BCUT2D eigenvalue weighted by molar-refractivity contribution is 0.0981. The molecule has 3 aromatic rings. The highest BCUT2D eigenvalue weighted by Crippen LogP contribution is 2.45. The number of aromatic nitrogens is 4. The predicted octanol–water partition coefficient (Wildman–Crippen LogP) is 3.20. The van der Waals surface area contributed by atoms with Crippen molar-refractivity contribution in [1.82, 2.24) is 24.9 Å². The maximum Gasteiger partial charge on any atom is 0.264 e. The summed E-state index contributed by atoms with van der Waals surface area (Å²) in [6.45, 7) is 4.27. The van der Waals surface area contributed by atoms with Gasteiger partial charge >= 0.3 is 0 Å². The van der Waals surface area contributed by atoms with Gasteiger partial charge in [-0.1, -0.05) is 32.0 Å². The lowest BCUT2D eigenvalue weighted by Gasteiger charge is -2.39. The zero-order chi connectivity index (χ0) is 23.4. The Balaban J connectivity index is 1.44. The molecule has 5 rings (SSSR count). The molecule has 1 fully saturated rings. The van der Waals surface area contributed by atoms with Gasteiger partial charge in [0.1, 0.15) is 0 Å². The first kappa shape index (κ1) is 21.6. The predicted molar refractivity (Wildman–Crippen MR) is 124 cm³/mol. The smallest absolute Gasteiger partial charge is 0.264 e. The lowest BCUT2D eigenvalue weighted by Crippen LogP contribution is -2.33. The Kier molecular flexibility index (Phi) is 5.00. The van der Waals surface area contributed by atoms with E-state index in [1.807, 2.05) is 27.6 Å². The summed E-state index contributed by atoms with van der Waals surface area (Å²) in [5, 5.41) is 15.9. The normalized spacial score (nSPS) is 19.4. The van der Waals surface area contributed by atoms with E-state index in [2.05, 4.69) is 46.8 Å². The summed E-state index contributed by atoms with van der Waals surface area (Å²) >= 11 is 0. The van der Waals surface area contributed by atoms with Crippen LogP contribution in [0.15, 0.2) is 42.5 Å². The van der Waals surface area contributed by atoms with Crippen LogP contribution in [0, 0.1) is 0 Å². The Morgan fingerprint density at radius 2 is 1.97 bits per heavy atom. The minimum absolute atomic E-state index is 0.0633. The van der Waals surface area contributed by atoms with Crippen LogP contribution in [-0.4, -0.2) is 40.8 Å². The quantitative estimate of drug-likeness (QED) is 0.593. The lowest BCUT2D eigenvalue weighted by atomic mass is 9.73.